The summed E-state index contributed by atoms with van der Waals surface area (Å²) in [5.74, 6) is -1.34. The summed E-state index contributed by atoms with van der Waals surface area (Å²) in [6.07, 6.45) is 1.45. The molecule has 0 spiro atoms. The molecule has 0 unspecified atom stereocenters. The first-order valence-electron chi connectivity index (χ1n) is 8.28. The summed E-state index contributed by atoms with van der Waals surface area (Å²) < 4.78 is 23.6. The molecule has 1 aromatic heterocycles. The van der Waals surface area contributed by atoms with Gasteiger partial charge in [-0.3, -0.25) is 14.5 Å². The third-order valence-electron chi connectivity index (χ3n) is 4.33. The van der Waals surface area contributed by atoms with Crippen molar-refractivity contribution in [1.82, 2.24) is 9.88 Å². The Bertz CT molecular complexity index is 1100. The Morgan fingerprint density at radius 1 is 1.11 bits per heavy atom. The van der Waals surface area contributed by atoms with Gasteiger partial charge in [0.2, 0.25) is 5.89 Å². The predicted octanol–water partition coefficient (Wildman–Crippen LogP) is 3.06. The van der Waals surface area contributed by atoms with Gasteiger partial charge in [0, 0.05) is 12.6 Å². The van der Waals surface area contributed by atoms with Crippen LogP contribution in [0, 0.1) is 5.82 Å². The maximum Gasteiger partial charge on any atom is 0.338 e. The van der Waals surface area contributed by atoms with Crippen LogP contribution in [0.25, 0.3) is 11.3 Å². The smallest absolute Gasteiger partial charge is 0.338 e. The second kappa shape index (κ2) is 6.73. The van der Waals surface area contributed by atoms with E-state index in [0.717, 1.165) is 4.90 Å². The average molecular weight is 380 g/mol. The van der Waals surface area contributed by atoms with Crippen LogP contribution in [0.2, 0.25) is 0 Å². The van der Waals surface area contributed by atoms with E-state index in [1.165, 1.54) is 43.6 Å². The van der Waals surface area contributed by atoms with E-state index in [1.54, 1.807) is 12.1 Å². The van der Waals surface area contributed by atoms with Gasteiger partial charge in [0.15, 0.2) is 12.4 Å². The molecule has 1 aliphatic rings. The van der Waals surface area contributed by atoms with Crippen molar-refractivity contribution in [1.29, 1.82) is 0 Å². The average Bonchev–Trinajstić information content (AvgIpc) is 3.26. The van der Waals surface area contributed by atoms with E-state index in [9.17, 15) is 18.8 Å². The minimum absolute atomic E-state index is 0.139. The Kier molecular flexibility index (Phi) is 4.23. The largest absolute Gasteiger partial charge is 0.452 e. The van der Waals surface area contributed by atoms with Gasteiger partial charge < -0.3 is 9.15 Å². The number of halogens is 1. The first kappa shape index (κ1) is 17.6. The van der Waals surface area contributed by atoms with Crippen LogP contribution in [0.1, 0.15) is 37.0 Å². The van der Waals surface area contributed by atoms with Gasteiger partial charge in [0.1, 0.15) is 5.82 Å². The molecule has 0 radical (unpaired) electrons. The summed E-state index contributed by atoms with van der Waals surface area (Å²) >= 11 is 0. The molecule has 0 fully saturated rings. The third-order valence-corrected chi connectivity index (χ3v) is 4.33. The Labute approximate surface area is 158 Å². The summed E-state index contributed by atoms with van der Waals surface area (Å²) in [5.41, 5.74) is 1.19. The van der Waals surface area contributed by atoms with Crippen LogP contribution >= 0.6 is 0 Å². The topological polar surface area (TPSA) is 89.7 Å². The van der Waals surface area contributed by atoms with Crippen LogP contribution in [-0.2, 0) is 11.3 Å². The van der Waals surface area contributed by atoms with Gasteiger partial charge >= 0.3 is 5.97 Å². The van der Waals surface area contributed by atoms with Crippen molar-refractivity contribution in [3.8, 4) is 11.3 Å². The highest BCUT2D eigenvalue weighted by Gasteiger charge is 2.33. The fraction of sp³-hybridized carbons (Fsp3) is 0.100. The van der Waals surface area contributed by atoms with Gasteiger partial charge in [-0.25, -0.2) is 14.2 Å². The highest BCUT2D eigenvalue weighted by atomic mass is 19.1. The number of esters is 1. The monoisotopic (exact) mass is 380 g/mol. The quantitative estimate of drug-likeness (QED) is 0.510. The Hall–Kier alpha value is -3.81. The molecule has 4 rings (SSSR count). The molecule has 2 aromatic carbocycles. The molecular formula is C20H13FN2O5. The second-order valence-electron chi connectivity index (χ2n) is 6.13. The molecule has 0 N–H and O–H groups in total. The minimum Gasteiger partial charge on any atom is -0.452 e. The molecule has 8 heteroatoms. The maximum absolute atomic E-state index is 13.0. The molecule has 2 amide bonds. The molecule has 140 valence electrons. The van der Waals surface area contributed by atoms with Crippen LogP contribution in [0.4, 0.5) is 4.39 Å². The summed E-state index contributed by atoms with van der Waals surface area (Å²) in [6, 6.07) is 9.88. The number of nitrogens with zero attached hydrogens (tertiary/aromatic N) is 2. The van der Waals surface area contributed by atoms with Crippen molar-refractivity contribution < 1.29 is 27.9 Å². The Morgan fingerprint density at radius 2 is 1.82 bits per heavy atom. The number of fused-ring (bicyclic) bond motifs is 1. The zero-order chi connectivity index (χ0) is 19.8. The molecule has 28 heavy (non-hydrogen) atoms. The molecule has 0 saturated carbocycles. The molecule has 7 nitrogen and oxygen atoms in total. The van der Waals surface area contributed by atoms with Gasteiger partial charge in [0.05, 0.1) is 22.9 Å². The van der Waals surface area contributed by atoms with Gasteiger partial charge in [0.25, 0.3) is 11.8 Å². The van der Waals surface area contributed by atoms with Gasteiger partial charge in [-0.2, -0.15) is 0 Å². The molecule has 0 bridgehead atoms. The number of carbonyl (C=O) groups is 3. The molecule has 2 heterocycles. The summed E-state index contributed by atoms with van der Waals surface area (Å²) in [7, 11) is 1.38. The van der Waals surface area contributed by atoms with E-state index in [1.807, 2.05) is 0 Å². The van der Waals surface area contributed by atoms with E-state index in [2.05, 4.69) is 4.98 Å². The molecule has 3 aromatic rings. The van der Waals surface area contributed by atoms with Crippen LogP contribution in [-0.4, -0.2) is 34.7 Å². The SMILES string of the molecule is CN1C(=O)c2ccc(C(=O)OCc3ncc(-c4ccc(F)cc4)o3)cc2C1=O. The summed E-state index contributed by atoms with van der Waals surface area (Å²) in [6.45, 7) is -0.218. The van der Waals surface area contributed by atoms with E-state index < -0.39 is 17.8 Å². The second-order valence-corrected chi connectivity index (χ2v) is 6.13. The van der Waals surface area contributed by atoms with Gasteiger partial charge in [-0.05, 0) is 42.5 Å². The van der Waals surface area contributed by atoms with Crippen LogP contribution in [0.3, 0.4) is 0 Å². The first-order chi connectivity index (χ1) is 13.4. The van der Waals surface area contributed by atoms with E-state index in [0.29, 0.717) is 11.3 Å². The zero-order valence-corrected chi connectivity index (χ0v) is 14.6. The number of benzene rings is 2. The number of aromatic nitrogens is 1. The molecule has 0 atom stereocenters. The number of imide groups is 1. The number of oxazole rings is 1. The standard InChI is InChI=1S/C20H13FN2O5/c1-23-18(24)14-7-4-12(8-15(14)19(23)25)20(26)27-10-17-22-9-16(28-17)11-2-5-13(21)6-3-11/h2-9H,10H2,1H3. The molecule has 0 saturated heterocycles. The lowest BCUT2D eigenvalue weighted by Crippen LogP contribution is -2.24. The Morgan fingerprint density at radius 3 is 2.57 bits per heavy atom. The lowest BCUT2D eigenvalue weighted by atomic mass is 10.1. The fourth-order valence-electron chi connectivity index (χ4n) is 2.82. The number of hydrogen-bond donors (Lipinski definition) is 0. The number of rotatable bonds is 4. The third kappa shape index (κ3) is 3.05. The van der Waals surface area contributed by atoms with E-state index in [-0.39, 0.29) is 35.0 Å². The normalized spacial score (nSPS) is 13.0. The number of hydrogen-bond acceptors (Lipinski definition) is 6. The summed E-state index contributed by atoms with van der Waals surface area (Å²) in [5, 5.41) is 0. The maximum atomic E-state index is 13.0. The molecule has 1 aliphatic heterocycles. The van der Waals surface area contributed by atoms with Crippen molar-refractivity contribution in [2.45, 2.75) is 6.61 Å². The predicted molar refractivity (Wildman–Crippen MR) is 93.9 cm³/mol. The van der Waals surface area contributed by atoms with Crippen LogP contribution in [0.5, 0.6) is 0 Å². The van der Waals surface area contributed by atoms with E-state index >= 15 is 0 Å². The minimum atomic E-state index is -0.681. The van der Waals surface area contributed by atoms with Crippen molar-refractivity contribution in [2.75, 3.05) is 7.05 Å². The first-order valence-corrected chi connectivity index (χ1v) is 8.28. The summed E-state index contributed by atoms with van der Waals surface area (Å²) in [4.78, 5) is 41.2. The zero-order valence-electron chi connectivity index (χ0n) is 14.6. The van der Waals surface area contributed by atoms with Gasteiger partial charge in [-0.15, -0.1) is 0 Å². The van der Waals surface area contributed by atoms with Crippen molar-refractivity contribution in [3.05, 3.63) is 77.1 Å². The van der Waals surface area contributed by atoms with Gasteiger partial charge in [-0.1, -0.05) is 0 Å². The van der Waals surface area contributed by atoms with Crippen LogP contribution < -0.4 is 0 Å². The van der Waals surface area contributed by atoms with E-state index in [4.69, 9.17) is 9.15 Å². The lowest BCUT2D eigenvalue weighted by molar-refractivity contribution is 0.0438. The lowest BCUT2D eigenvalue weighted by Gasteiger charge is -2.04. The molecule has 0 aliphatic carbocycles. The van der Waals surface area contributed by atoms with Crippen molar-refractivity contribution in [3.63, 3.8) is 0 Å². The molecular weight excluding hydrogens is 367 g/mol. The highest BCUT2D eigenvalue weighted by molar-refractivity contribution is 6.21. The van der Waals surface area contributed by atoms with Crippen molar-refractivity contribution >= 4 is 17.8 Å². The van der Waals surface area contributed by atoms with Crippen LogP contribution in [0.15, 0.2) is 53.1 Å². The Balaban J connectivity index is 1.45. The highest BCUT2D eigenvalue weighted by Crippen LogP contribution is 2.24. The number of carbonyl (C=O) groups excluding carboxylic acids is 3. The number of amides is 2. The van der Waals surface area contributed by atoms with Crippen molar-refractivity contribution in [2.24, 2.45) is 0 Å². The fourth-order valence-corrected chi connectivity index (χ4v) is 2.82. The number of ether oxygens (including phenoxy) is 1.